The summed E-state index contributed by atoms with van der Waals surface area (Å²) in [7, 11) is 0. The van der Waals surface area contributed by atoms with Gasteiger partial charge in [0.15, 0.2) is 0 Å². The van der Waals surface area contributed by atoms with Crippen LogP contribution in [0, 0.1) is 5.92 Å². The van der Waals surface area contributed by atoms with E-state index in [2.05, 4.69) is 38.3 Å². The number of hydrogen-bond acceptors (Lipinski definition) is 3. The van der Waals surface area contributed by atoms with Gasteiger partial charge < -0.3 is 15.7 Å². The van der Waals surface area contributed by atoms with Gasteiger partial charge >= 0.3 is 0 Å². The smallest absolute Gasteiger partial charge is 0.233 e. The van der Waals surface area contributed by atoms with Crippen LogP contribution in [-0.4, -0.2) is 30.6 Å². The summed E-state index contributed by atoms with van der Waals surface area (Å²) in [6.45, 7) is 9.67. The van der Waals surface area contributed by atoms with Crippen molar-refractivity contribution in [3.05, 3.63) is 35.4 Å². The molecule has 4 heteroatoms. The highest BCUT2D eigenvalue weighted by atomic mass is 16.3. The third-order valence-corrected chi connectivity index (χ3v) is 3.32. The Morgan fingerprint density at radius 1 is 1.05 bits per heavy atom. The van der Waals surface area contributed by atoms with Crippen LogP contribution in [0.5, 0.6) is 0 Å². The molecule has 4 nitrogen and oxygen atoms in total. The molecule has 0 aliphatic carbocycles. The third-order valence-electron chi connectivity index (χ3n) is 3.32. The zero-order valence-electron chi connectivity index (χ0n) is 13.5. The molecule has 0 fully saturated rings. The predicted octanol–water partition coefficient (Wildman–Crippen LogP) is 2.21. The molecule has 0 aromatic heterocycles. The zero-order chi connectivity index (χ0) is 15.8. The zero-order valence-corrected chi connectivity index (χ0v) is 13.5. The first-order chi connectivity index (χ1) is 9.90. The summed E-state index contributed by atoms with van der Waals surface area (Å²) in [5.41, 5.74) is 2.13. The minimum atomic E-state index is -0.593. The van der Waals surface area contributed by atoms with Crippen molar-refractivity contribution in [2.75, 3.05) is 19.6 Å². The summed E-state index contributed by atoms with van der Waals surface area (Å²) in [4.78, 5) is 11.5. The molecule has 21 heavy (non-hydrogen) atoms. The monoisotopic (exact) mass is 292 g/mol. The molecule has 0 spiro atoms. The van der Waals surface area contributed by atoms with Crippen LogP contribution < -0.4 is 10.6 Å². The minimum absolute atomic E-state index is 0.0361. The molecule has 1 unspecified atom stereocenters. The topological polar surface area (TPSA) is 61.4 Å². The van der Waals surface area contributed by atoms with E-state index >= 15 is 0 Å². The lowest BCUT2D eigenvalue weighted by Crippen LogP contribution is -2.37. The molecule has 0 heterocycles. The molecule has 0 aliphatic rings. The van der Waals surface area contributed by atoms with Crippen LogP contribution in [0.2, 0.25) is 0 Å². The van der Waals surface area contributed by atoms with Crippen LogP contribution in [0.15, 0.2) is 24.3 Å². The van der Waals surface area contributed by atoms with E-state index in [1.54, 1.807) is 0 Å². The van der Waals surface area contributed by atoms with Crippen LogP contribution >= 0.6 is 0 Å². The average Bonchev–Trinajstić information content (AvgIpc) is 2.45. The van der Waals surface area contributed by atoms with E-state index in [-0.39, 0.29) is 12.5 Å². The van der Waals surface area contributed by atoms with Crippen molar-refractivity contribution < 1.29 is 9.90 Å². The number of carbonyl (C=O) groups excluding carboxylic acids is 1. The highest BCUT2D eigenvalue weighted by molar-refractivity contribution is 5.77. The van der Waals surface area contributed by atoms with Crippen molar-refractivity contribution >= 4 is 5.91 Å². The Labute approximate surface area is 128 Å². The van der Waals surface area contributed by atoms with Crippen LogP contribution in [0.3, 0.4) is 0 Å². The SMILES string of the molecule is CC(C)CNC(=O)CNCC(O)c1ccc(C(C)C)cc1. The van der Waals surface area contributed by atoms with E-state index in [4.69, 9.17) is 0 Å². The number of hydrogen-bond donors (Lipinski definition) is 3. The number of amides is 1. The maximum atomic E-state index is 11.5. The van der Waals surface area contributed by atoms with Gasteiger partial charge in [-0.05, 0) is 23.0 Å². The fourth-order valence-electron chi connectivity index (χ4n) is 1.92. The summed E-state index contributed by atoms with van der Waals surface area (Å²) in [5.74, 6) is 0.893. The minimum Gasteiger partial charge on any atom is -0.387 e. The third kappa shape index (κ3) is 6.74. The molecule has 1 rings (SSSR count). The average molecular weight is 292 g/mol. The molecule has 1 aromatic rings. The van der Waals surface area contributed by atoms with Gasteiger partial charge in [0.2, 0.25) is 5.91 Å². The van der Waals surface area contributed by atoms with E-state index in [1.165, 1.54) is 5.56 Å². The second-order valence-electron chi connectivity index (χ2n) is 6.17. The fourth-order valence-corrected chi connectivity index (χ4v) is 1.92. The van der Waals surface area contributed by atoms with Crippen molar-refractivity contribution in [1.82, 2.24) is 10.6 Å². The van der Waals surface area contributed by atoms with E-state index in [9.17, 15) is 9.90 Å². The van der Waals surface area contributed by atoms with E-state index in [0.717, 1.165) is 5.56 Å². The van der Waals surface area contributed by atoms with Gasteiger partial charge in [0.05, 0.1) is 12.6 Å². The van der Waals surface area contributed by atoms with Crippen LogP contribution in [0.25, 0.3) is 0 Å². The first-order valence-corrected chi connectivity index (χ1v) is 7.65. The van der Waals surface area contributed by atoms with Gasteiger partial charge in [0.25, 0.3) is 0 Å². The molecule has 0 saturated heterocycles. The number of nitrogens with one attached hydrogen (secondary N) is 2. The quantitative estimate of drug-likeness (QED) is 0.688. The lowest BCUT2D eigenvalue weighted by molar-refractivity contribution is -0.120. The number of benzene rings is 1. The van der Waals surface area contributed by atoms with Crippen molar-refractivity contribution in [2.24, 2.45) is 5.92 Å². The fraction of sp³-hybridized carbons (Fsp3) is 0.588. The first-order valence-electron chi connectivity index (χ1n) is 7.65. The Bertz CT molecular complexity index is 427. The van der Waals surface area contributed by atoms with Crippen molar-refractivity contribution in [3.63, 3.8) is 0 Å². The summed E-state index contributed by atoms with van der Waals surface area (Å²) in [5, 5.41) is 15.9. The summed E-state index contributed by atoms with van der Waals surface area (Å²) in [6.07, 6.45) is -0.593. The van der Waals surface area contributed by atoms with Gasteiger partial charge in [-0.15, -0.1) is 0 Å². The molecule has 1 atom stereocenters. The summed E-state index contributed by atoms with van der Waals surface area (Å²) < 4.78 is 0. The Hall–Kier alpha value is -1.39. The summed E-state index contributed by atoms with van der Waals surface area (Å²) in [6, 6.07) is 7.97. The van der Waals surface area contributed by atoms with Gasteiger partial charge in [-0.3, -0.25) is 4.79 Å². The number of aliphatic hydroxyl groups is 1. The van der Waals surface area contributed by atoms with Crippen LogP contribution in [0.1, 0.15) is 50.8 Å². The molecule has 0 saturated carbocycles. The molecule has 118 valence electrons. The molecule has 0 aliphatic heterocycles. The predicted molar refractivity (Wildman–Crippen MR) is 86.2 cm³/mol. The van der Waals surface area contributed by atoms with Crippen molar-refractivity contribution in [3.8, 4) is 0 Å². The molecule has 0 bridgehead atoms. The normalized spacial score (nSPS) is 12.7. The van der Waals surface area contributed by atoms with E-state index < -0.39 is 6.10 Å². The van der Waals surface area contributed by atoms with Crippen molar-refractivity contribution in [1.29, 1.82) is 0 Å². The van der Waals surface area contributed by atoms with Gasteiger partial charge in [-0.25, -0.2) is 0 Å². The van der Waals surface area contributed by atoms with Crippen molar-refractivity contribution in [2.45, 2.75) is 39.7 Å². The Kier molecular flexibility index (Phi) is 7.40. The Morgan fingerprint density at radius 2 is 1.62 bits per heavy atom. The van der Waals surface area contributed by atoms with Crippen LogP contribution in [-0.2, 0) is 4.79 Å². The standard InChI is InChI=1S/C17H28N2O2/c1-12(2)9-19-17(21)11-18-10-16(20)15-7-5-14(6-8-15)13(3)4/h5-8,12-13,16,18,20H,9-11H2,1-4H3,(H,19,21). The number of rotatable bonds is 8. The largest absolute Gasteiger partial charge is 0.387 e. The highest BCUT2D eigenvalue weighted by Crippen LogP contribution is 2.18. The molecular weight excluding hydrogens is 264 g/mol. The second kappa shape index (κ2) is 8.80. The number of carbonyl (C=O) groups is 1. The van der Waals surface area contributed by atoms with Gasteiger partial charge in [-0.2, -0.15) is 0 Å². The van der Waals surface area contributed by atoms with Crippen LogP contribution in [0.4, 0.5) is 0 Å². The lowest BCUT2D eigenvalue weighted by Gasteiger charge is -2.14. The highest BCUT2D eigenvalue weighted by Gasteiger charge is 2.09. The maximum absolute atomic E-state index is 11.5. The lowest BCUT2D eigenvalue weighted by atomic mass is 10.00. The van der Waals surface area contributed by atoms with E-state index in [1.807, 2.05) is 24.3 Å². The molecule has 1 aromatic carbocycles. The Morgan fingerprint density at radius 3 is 2.14 bits per heavy atom. The van der Waals surface area contributed by atoms with Gasteiger partial charge in [0, 0.05) is 13.1 Å². The van der Waals surface area contributed by atoms with E-state index in [0.29, 0.717) is 24.9 Å². The molecule has 0 radical (unpaired) electrons. The number of aliphatic hydroxyl groups excluding tert-OH is 1. The molecular formula is C17H28N2O2. The van der Waals surface area contributed by atoms with Gasteiger partial charge in [0.1, 0.15) is 0 Å². The first kappa shape index (κ1) is 17.7. The molecule has 3 N–H and O–H groups in total. The summed E-state index contributed by atoms with van der Waals surface area (Å²) >= 11 is 0. The van der Waals surface area contributed by atoms with Gasteiger partial charge in [-0.1, -0.05) is 52.0 Å². The Balaban J connectivity index is 2.33. The molecule has 1 amide bonds. The maximum Gasteiger partial charge on any atom is 0.233 e. The second-order valence-corrected chi connectivity index (χ2v) is 6.17.